The highest BCUT2D eigenvalue weighted by Crippen LogP contribution is 2.22. The van der Waals surface area contributed by atoms with Crippen molar-refractivity contribution in [2.75, 3.05) is 11.9 Å². The number of carbonyl (C=O) groups is 1. The molecule has 0 fully saturated rings. The molecule has 6 nitrogen and oxygen atoms in total. The number of nitro groups is 1. The highest BCUT2D eigenvalue weighted by molar-refractivity contribution is 5.91. The van der Waals surface area contributed by atoms with E-state index < -0.39 is 4.92 Å². The van der Waals surface area contributed by atoms with Gasteiger partial charge in [-0.05, 0) is 26.0 Å². The molecule has 100 valence electrons. The van der Waals surface area contributed by atoms with Crippen LogP contribution in [0.5, 0.6) is 0 Å². The van der Waals surface area contributed by atoms with Crippen molar-refractivity contribution in [3.63, 3.8) is 0 Å². The lowest BCUT2D eigenvalue weighted by Gasteiger charge is -2.05. The van der Waals surface area contributed by atoms with E-state index in [-0.39, 0.29) is 24.0 Å². The first-order valence-electron chi connectivity index (χ1n) is 5.29. The van der Waals surface area contributed by atoms with Crippen molar-refractivity contribution in [3.05, 3.63) is 33.9 Å². The van der Waals surface area contributed by atoms with Crippen LogP contribution in [0.4, 0.5) is 11.4 Å². The lowest BCUT2D eigenvalue weighted by atomic mass is 10.2. The van der Waals surface area contributed by atoms with Crippen LogP contribution in [0.2, 0.25) is 0 Å². The van der Waals surface area contributed by atoms with Crippen LogP contribution in [0, 0.1) is 17.0 Å². The van der Waals surface area contributed by atoms with E-state index >= 15 is 0 Å². The molecular formula is C11H16ClN3O3. The molecule has 0 unspecified atom stereocenters. The summed E-state index contributed by atoms with van der Waals surface area (Å²) in [4.78, 5) is 21.6. The number of anilines is 1. The Morgan fingerprint density at radius 2 is 2.17 bits per heavy atom. The van der Waals surface area contributed by atoms with E-state index in [9.17, 15) is 14.9 Å². The predicted octanol–water partition coefficient (Wildman–Crippen LogP) is 2.00. The molecule has 1 aromatic rings. The van der Waals surface area contributed by atoms with Crippen molar-refractivity contribution in [2.24, 2.45) is 5.73 Å². The zero-order chi connectivity index (χ0) is 12.8. The molecule has 0 aliphatic heterocycles. The number of nitro benzene ring substituents is 1. The monoisotopic (exact) mass is 273 g/mol. The highest BCUT2D eigenvalue weighted by atomic mass is 35.5. The molecular weight excluding hydrogens is 258 g/mol. The zero-order valence-corrected chi connectivity index (χ0v) is 10.8. The van der Waals surface area contributed by atoms with Crippen LogP contribution < -0.4 is 11.1 Å². The highest BCUT2D eigenvalue weighted by Gasteiger charge is 2.11. The van der Waals surface area contributed by atoms with Crippen LogP contribution in [0.1, 0.15) is 18.4 Å². The van der Waals surface area contributed by atoms with Crippen LogP contribution >= 0.6 is 12.4 Å². The Kier molecular flexibility index (Phi) is 6.92. The standard InChI is InChI=1S/C11H15N3O3.ClH/c1-8-4-5-9(7-10(8)14(16)17)13-11(15)3-2-6-12;/h4-5,7H,2-3,6,12H2,1H3,(H,13,15);1H. The molecule has 0 saturated heterocycles. The van der Waals surface area contributed by atoms with Crippen LogP contribution in [0.25, 0.3) is 0 Å². The minimum Gasteiger partial charge on any atom is -0.330 e. The molecule has 1 rings (SSSR count). The molecule has 18 heavy (non-hydrogen) atoms. The van der Waals surface area contributed by atoms with Gasteiger partial charge >= 0.3 is 0 Å². The van der Waals surface area contributed by atoms with E-state index in [4.69, 9.17) is 5.73 Å². The number of nitrogens with zero attached hydrogens (tertiary/aromatic N) is 1. The molecule has 7 heteroatoms. The van der Waals surface area contributed by atoms with Gasteiger partial charge in [0.15, 0.2) is 0 Å². The van der Waals surface area contributed by atoms with Gasteiger partial charge in [0, 0.05) is 23.7 Å². The van der Waals surface area contributed by atoms with E-state index in [1.165, 1.54) is 6.07 Å². The van der Waals surface area contributed by atoms with Gasteiger partial charge in [-0.25, -0.2) is 0 Å². The maximum atomic E-state index is 11.4. The maximum absolute atomic E-state index is 11.4. The molecule has 3 N–H and O–H groups in total. The number of halogens is 1. The molecule has 0 atom stereocenters. The summed E-state index contributed by atoms with van der Waals surface area (Å²) < 4.78 is 0. The van der Waals surface area contributed by atoms with Crippen molar-refractivity contribution in [2.45, 2.75) is 19.8 Å². The lowest BCUT2D eigenvalue weighted by molar-refractivity contribution is -0.385. The summed E-state index contributed by atoms with van der Waals surface area (Å²) in [5.41, 5.74) is 6.29. The van der Waals surface area contributed by atoms with Crippen LogP contribution in [-0.4, -0.2) is 17.4 Å². The van der Waals surface area contributed by atoms with E-state index in [0.717, 1.165) is 0 Å². The molecule has 0 aliphatic rings. The Balaban J connectivity index is 0.00000289. The molecule has 0 aromatic heterocycles. The SMILES string of the molecule is Cc1ccc(NC(=O)CCCN)cc1[N+](=O)[O-].Cl. The number of nitrogens with two attached hydrogens (primary N) is 1. The van der Waals surface area contributed by atoms with Crippen molar-refractivity contribution in [1.29, 1.82) is 0 Å². The zero-order valence-electron chi connectivity index (χ0n) is 10.0. The molecule has 0 aliphatic carbocycles. The summed E-state index contributed by atoms with van der Waals surface area (Å²) in [5, 5.41) is 13.3. The normalized spacial score (nSPS) is 9.44. The van der Waals surface area contributed by atoms with E-state index in [0.29, 0.717) is 30.6 Å². The Morgan fingerprint density at radius 1 is 1.50 bits per heavy atom. The summed E-state index contributed by atoms with van der Waals surface area (Å²) in [6.07, 6.45) is 0.915. The largest absolute Gasteiger partial charge is 0.330 e. The second-order valence-corrected chi connectivity index (χ2v) is 3.70. The maximum Gasteiger partial charge on any atom is 0.274 e. The second-order valence-electron chi connectivity index (χ2n) is 3.70. The third kappa shape index (κ3) is 4.68. The summed E-state index contributed by atoms with van der Waals surface area (Å²) >= 11 is 0. The number of amides is 1. The van der Waals surface area contributed by atoms with Crippen LogP contribution in [0.15, 0.2) is 18.2 Å². The molecule has 0 spiro atoms. The fourth-order valence-electron chi connectivity index (χ4n) is 1.37. The number of carbonyl (C=O) groups excluding carboxylic acids is 1. The van der Waals surface area contributed by atoms with Crippen molar-refractivity contribution < 1.29 is 9.72 Å². The Labute approximate surface area is 111 Å². The Hall–Kier alpha value is -1.66. The first kappa shape index (κ1) is 16.3. The number of aryl methyl sites for hydroxylation is 1. The van der Waals surface area contributed by atoms with E-state index in [2.05, 4.69) is 5.32 Å². The minimum absolute atomic E-state index is 0. The summed E-state index contributed by atoms with van der Waals surface area (Å²) in [5.74, 6) is -0.186. The minimum atomic E-state index is -0.467. The number of hydrogen-bond donors (Lipinski definition) is 2. The quantitative estimate of drug-likeness (QED) is 0.633. The molecule has 0 bridgehead atoms. The van der Waals surface area contributed by atoms with Gasteiger partial charge in [-0.15, -0.1) is 12.4 Å². The Bertz CT molecular complexity index is 438. The number of benzene rings is 1. The summed E-state index contributed by atoms with van der Waals surface area (Å²) in [7, 11) is 0. The molecule has 0 heterocycles. The first-order valence-corrected chi connectivity index (χ1v) is 5.29. The van der Waals surface area contributed by atoms with Gasteiger partial charge in [-0.1, -0.05) is 6.07 Å². The van der Waals surface area contributed by atoms with Crippen molar-refractivity contribution in [1.82, 2.24) is 0 Å². The molecule has 0 radical (unpaired) electrons. The first-order chi connectivity index (χ1) is 8.04. The lowest BCUT2D eigenvalue weighted by Crippen LogP contribution is -2.13. The van der Waals surface area contributed by atoms with Gasteiger partial charge in [0.1, 0.15) is 0 Å². The van der Waals surface area contributed by atoms with Gasteiger partial charge in [0.25, 0.3) is 5.69 Å². The van der Waals surface area contributed by atoms with Crippen molar-refractivity contribution >= 4 is 29.7 Å². The number of hydrogen-bond acceptors (Lipinski definition) is 4. The van der Waals surface area contributed by atoms with Crippen LogP contribution in [0.3, 0.4) is 0 Å². The topological polar surface area (TPSA) is 98.3 Å². The average Bonchev–Trinajstić information content (AvgIpc) is 2.28. The van der Waals surface area contributed by atoms with Gasteiger partial charge in [-0.3, -0.25) is 14.9 Å². The summed E-state index contributed by atoms with van der Waals surface area (Å²) in [6.45, 7) is 2.10. The summed E-state index contributed by atoms with van der Waals surface area (Å²) in [6, 6.07) is 4.61. The fourth-order valence-corrected chi connectivity index (χ4v) is 1.37. The average molecular weight is 274 g/mol. The third-order valence-electron chi connectivity index (χ3n) is 2.30. The molecule has 1 aromatic carbocycles. The number of nitrogens with one attached hydrogen (secondary N) is 1. The van der Waals surface area contributed by atoms with Gasteiger partial charge in [0.05, 0.1) is 4.92 Å². The van der Waals surface area contributed by atoms with E-state index in [1.807, 2.05) is 0 Å². The predicted molar refractivity (Wildman–Crippen MR) is 72.0 cm³/mol. The van der Waals surface area contributed by atoms with Gasteiger partial charge in [-0.2, -0.15) is 0 Å². The Morgan fingerprint density at radius 3 is 2.72 bits per heavy atom. The van der Waals surface area contributed by atoms with Gasteiger partial charge in [0.2, 0.25) is 5.91 Å². The van der Waals surface area contributed by atoms with Crippen LogP contribution in [-0.2, 0) is 4.79 Å². The fraction of sp³-hybridized carbons (Fsp3) is 0.364. The van der Waals surface area contributed by atoms with E-state index in [1.54, 1.807) is 19.1 Å². The van der Waals surface area contributed by atoms with Gasteiger partial charge < -0.3 is 11.1 Å². The third-order valence-corrected chi connectivity index (χ3v) is 2.30. The smallest absolute Gasteiger partial charge is 0.274 e. The van der Waals surface area contributed by atoms with Crippen molar-refractivity contribution in [3.8, 4) is 0 Å². The second kappa shape index (κ2) is 7.62. The molecule has 0 saturated carbocycles. The molecule has 1 amide bonds. The number of rotatable bonds is 5.